The van der Waals surface area contributed by atoms with Crippen molar-refractivity contribution in [2.75, 3.05) is 0 Å². The summed E-state index contributed by atoms with van der Waals surface area (Å²) in [6, 6.07) is 18.0. The number of benzene rings is 2. The third kappa shape index (κ3) is 2.93. The van der Waals surface area contributed by atoms with Crippen LogP contribution < -0.4 is 5.32 Å². The summed E-state index contributed by atoms with van der Waals surface area (Å²) < 4.78 is 0. The van der Waals surface area contributed by atoms with Crippen molar-refractivity contribution >= 4 is 11.0 Å². The fraction of sp³-hybridized carbons (Fsp3) is 0.176. The van der Waals surface area contributed by atoms with Gasteiger partial charge in [0, 0.05) is 6.04 Å². The zero-order valence-corrected chi connectivity index (χ0v) is 11.8. The molecule has 4 nitrogen and oxygen atoms in total. The second kappa shape index (κ2) is 5.78. The van der Waals surface area contributed by atoms with E-state index in [1.165, 1.54) is 0 Å². The minimum atomic E-state index is 0.200. The molecule has 2 N–H and O–H groups in total. The molecule has 3 rings (SSSR count). The van der Waals surface area contributed by atoms with E-state index in [1.807, 2.05) is 48.5 Å². The predicted octanol–water partition coefficient (Wildman–Crippen LogP) is 3.29. The summed E-state index contributed by atoms with van der Waals surface area (Å²) >= 11 is 0. The number of aromatic nitrogens is 2. The molecule has 0 amide bonds. The largest absolute Gasteiger partial charge is 0.341 e. The summed E-state index contributed by atoms with van der Waals surface area (Å²) in [6.45, 7) is 2.78. The summed E-state index contributed by atoms with van der Waals surface area (Å²) in [6.07, 6.45) is 0. The van der Waals surface area contributed by atoms with Crippen molar-refractivity contribution in [3.8, 4) is 6.07 Å². The molecule has 0 spiro atoms. The lowest BCUT2D eigenvalue weighted by atomic mass is 10.1. The third-order valence-electron chi connectivity index (χ3n) is 3.55. The first-order chi connectivity index (χ1) is 10.3. The molecule has 104 valence electrons. The number of para-hydroxylation sites is 2. The van der Waals surface area contributed by atoms with Crippen molar-refractivity contribution in [3.05, 3.63) is 65.5 Å². The number of nitrogens with zero attached hydrogens (tertiary/aromatic N) is 2. The van der Waals surface area contributed by atoms with E-state index in [0.29, 0.717) is 12.1 Å². The normalized spacial score (nSPS) is 12.2. The first-order valence-electron chi connectivity index (χ1n) is 6.93. The number of imidazole rings is 1. The van der Waals surface area contributed by atoms with E-state index >= 15 is 0 Å². The van der Waals surface area contributed by atoms with E-state index in [-0.39, 0.29) is 6.04 Å². The molecular weight excluding hydrogens is 260 g/mol. The van der Waals surface area contributed by atoms with Crippen molar-refractivity contribution < 1.29 is 0 Å². The van der Waals surface area contributed by atoms with Crippen LogP contribution in [0.4, 0.5) is 0 Å². The summed E-state index contributed by atoms with van der Waals surface area (Å²) in [7, 11) is 0. The molecule has 2 aromatic carbocycles. The van der Waals surface area contributed by atoms with Crippen LogP contribution in [0.3, 0.4) is 0 Å². The quantitative estimate of drug-likeness (QED) is 0.768. The first kappa shape index (κ1) is 13.3. The van der Waals surface area contributed by atoms with Crippen molar-refractivity contribution in [1.29, 1.82) is 5.26 Å². The van der Waals surface area contributed by atoms with E-state index in [2.05, 4.69) is 28.3 Å². The van der Waals surface area contributed by atoms with Crippen LogP contribution >= 0.6 is 0 Å². The van der Waals surface area contributed by atoms with Crippen LogP contribution in [0, 0.1) is 11.3 Å². The van der Waals surface area contributed by atoms with Crippen molar-refractivity contribution in [3.63, 3.8) is 0 Å². The minimum Gasteiger partial charge on any atom is -0.341 e. The Labute approximate surface area is 123 Å². The monoisotopic (exact) mass is 276 g/mol. The standard InChI is InChI=1S/C17H16N4/c1-12(14-8-6-13(10-18)7-9-14)19-11-17-20-15-4-2-3-5-16(15)21-17/h2-9,12,19H,11H2,1H3,(H,20,21). The average molecular weight is 276 g/mol. The molecule has 0 radical (unpaired) electrons. The van der Waals surface area contributed by atoms with Gasteiger partial charge < -0.3 is 10.3 Å². The highest BCUT2D eigenvalue weighted by Gasteiger charge is 2.07. The van der Waals surface area contributed by atoms with E-state index in [9.17, 15) is 0 Å². The van der Waals surface area contributed by atoms with Gasteiger partial charge >= 0.3 is 0 Å². The van der Waals surface area contributed by atoms with Gasteiger partial charge in [0.15, 0.2) is 0 Å². The van der Waals surface area contributed by atoms with Gasteiger partial charge in [-0.3, -0.25) is 0 Å². The molecular formula is C17H16N4. The minimum absolute atomic E-state index is 0.200. The summed E-state index contributed by atoms with van der Waals surface area (Å²) in [5.74, 6) is 0.927. The Balaban J connectivity index is 1.67. The molecule has 0 saturated carbocycles. The second-order valence-corrected chi connectivity index (χ2v) is 5.04. The molecule has 0 aliphatic heterocycles. The Hall–Kier alpha value is -2.64. The molecule has 1 heterocycles. The zero-order valence-electron chi connectivity index (χ0n) is 11.8. The number of rotatable bonds is 4. The van der Waals surface area contributed by atoms with Crippen LogP contribution in [0.1, 0.15) is 29.9 Å². The molecule has 21 heavy (non-hydrogen) atoms. The third-order valence-corrected chi connectivity index (χ3v) is 3.55. The lowest BCUT2D eigenvalue weighted by Gasteiger charge is -2.13. The topological polar surface area (TPSA) is 64.5 Å². The number of nitrogens with one attached hydrogen (secondary N) is 2. The number of fused-ring (bicyclic) bond motifs is 1. The molecule has 1 aromatic heterocycles. The van der Waals surface area contributed by atoms with Gasteiger partial charge in [0.1, 0.15) is 5.82 Å². The highest BCUT2D eigenvalue weighted by Crippen LogP contribution is 2.15. The van der Waals surface area contributed by atoms with Gasteiger partial charge in [-0.25, -0.2) is 4.98 Å². The van der Waals surface area contributed by atoms with Gasteiger partial charge in [-0.1, -0.05) is 24.3 Å². The van der Waals surface area contributed by atoms with E-state index in [1.54, 1.807) is 0 Å². The van der Waals surface area contributed by atoms with Crippen LogP contribution in [0.5, 0.6) is 0 Å². The highest BCUT2D eigenvalue weighted by molar-refractivity contribution is 5.74. The number of H-pyrrole nitrogens is 1. The van der Waals surface area contributed by atoms with Gasteiger partial charge in [-0.15, -0.1) is 0 Å². The van der Waals surface area contributed by atoms with Crippen LogP contribution in [0.25, 0.3) is 11.0 Å². The predicted molar refractivity (Wildman–Crippen MR) is 82.5 cm³/mol. The molecule has 0 fully saturated rings. The van der Waals surface area contributed by atoms with Gasteiger partial charge in [-0.05, 0) is 36.8 Å². The Morgan fingerprint density at radius 3 is 2.67 bits per heavy atom. The molecule has 4 heteroatoms. The first-order valence-corrected chi connectivity index (χ1v) is 6.93. The Morgan fingerprint density at radius 1 is 1.19 bits per heavy atom. The summed E-state index contributed by atoms with van der Waals surface area (Å²) in [4.78, 5) is 7.85. The number of hydrogen-bond donors (Lipinski definition) is 2. The molecule has 0 aliphatic rings. The number of hydrogen-bond acceptors (Lipinski definition) is 3. The Kier molecular flexibility index (Phi) is 3.67. The molecule has 1 unspecified atom stereocenters. The molecule has 0 aliphatic carbocycles. The maximum Gasteiger partial charge on any atom is 0.121 e. The Morgan fingerprint density at radius 2 is 1.95 bits per heavy atom. The Bertz CT molecular complexity index is 747. The smallest absolute Gasteiger partial charge is 0.121 e. The second-order valence-electron chi connectivity index (χ2n) is 5.04. The average Bonchev–Trinajstić information content (AvgIpc) is 2.95. The maximum absolute atomic E-state index is 8.81. The lowest BCUT2D eigenvalue weighted by molar-refractivity contribution is 0.562. The van der Waals surface area contributed by atoms with Gasteiger partial charge in [0.2, 0.25) is 0 Å². The highest BCUT2D eigenvalue weighted by atomic mass is 15.0. The summed E-state index contributed by atoms with van der Waals surface area (Å²) in [5, 5.41) is 12.2. The molecule has 1 atom stereocenters. The van der Waals surface area contributed by atoms with Gasteiger partial charge in [0.25, 0.3) is 0 Å². The molecule has 0 saturated heterocycles. The van der Waals surface area contributed by atoms with E-state index in [0.717, 1.165) is 22.4 Å². The van der Waals surface area contributed by atoms with E-state index in [4.69, 9.17) is 5.26 Å². The van der Waals surface area contributed by atoms with Crippen LogP contribution in [0.2, 0.25) is 0 Å². The maximum atomic E-state index is 8.81. The fourth-order valence-electron chi connectivity index (χ4n) is 2.30. The zero-order chi connectivity index (χ0) is 14.7. The van der Waals surface area contributed by atoms with Crippen molar-refractivity contribution in [2.45, 2.75) is 19.5 Å². The van der Waals surface area contributed by atoms with E-state index < -0.39 is 0 Å². The summed E-state index contributed by atoms with van der Waals surface area (Å²) in [5.41, 5.74) is 3.88. The SMILES string of the molecule is CC(NCc1nc2ccccc2[nH]1)c1ccc(C#N)cc1. The van der Waals surface area contributed by atoms with Crippen molar-refractivity contribution in [1.82, 2.24) is 15.3 Å². The van der Waals surface area contributed by atoms with Crippen LogP contribution in [0.15, 0.2) is 48.5 Å². The molecule has 3 aromatic rings. The van der Waals surface area contributed by atoms with Crippen LogP contribution in [-0.4, -0.2) is 9.97 Å². The molecule has 0 bridgehead atoms. The van der Waals surface area contributed by atoms with Crippen LogP contribution in [-0.2, 0) is 6.54 Å². The van der Waals surface area contributed by atoms with Gasteiger partial charge in [0.05, 0.1) is 29.2 Å². The number of aromatic amines is 1. The number of nitriles is 1. The fourth-order valence-corrected chi connectivity index (χ4v) is 2.30. The van der Waals surface area contributed by atoms with Gasteiger partial charge in [-0.2, -0.15) is 5.26 Å². The lowest BCUT2D eigenvalue weighted by Crippen LogP contribution is -2.18. The van der Waals surface area contributed by atoms with Crippen molar-refractivity contribution in [2.24, 2.45) is 0 Å².